The summed E-state index contributed by atoms with van der Waals surface area (Å²) >= 11 is 0. The maximum Gasteiger partial charge on any atom is 0.312 e. The first-order valence-electron chi connectivity index (χ1n) is 15.1. The standard InChI is InChI=1S/C33H52O4/c1-20(2)22-12-17-33(28(35)36-9)19-18-31(7)23(27(22)33)10-11-25-30(6)15-14-26(37-21(3)34)29(4,5)24(30)13-16-32(25,31)8/h22-27H,1,10-19H2,2-9H3/t22-,23+,24-,25+,26-,27+,30-,31+,32+,33-/m0/s1. The number of hydrogen-bond acceptors (Lipinski definition) is 4. The Hall–Kier alpha value is -1.32. The van der Waals surface area contributed by atoms with Crippen molar-refractivity contribution in [3.63, 3.8) is 0 Å². The fourth-order valence-corrected chi connectivity index (χ4v) is 12.1. The van der Waals surface area contributed by atoms with Crippen molar-refractivity contribution in [2.45, 2.75) is 119 Å². The quantitative estimate of drug-likeness (QED) is 0.286. The third kappa shape index (κ3) is 3.45. The Kier molecular flexibility index (Phi) is 6.33. The summed E-state index contributed by atoms with van der Waals surface area (Å²) in [5.74, 6) is 2.43. The molecule has 0 radical (unpaired) electrons. The highest BCUT2D eigenvalue weighted by Gasteiger charge is 2.72. The summed E-state index contributed by atoms with van der Waals surface area (Å²) in [7, 11) is 1.59. The number of carbonyl (C=O) groups is 2. The van der Waals surface area contributed by atoms with E-state index < -0.39 is 0 Å². The van der Waals surface area contributed by atoms with Crippen molar-refractivity contribution in [3.8, 4) is 0 Å². The van der Waals surface area contributed by atoms with Crippen LogP contribution in [0.3, 0.4) is 0 Å². The van der Waals surface area contributed by atoms with Crippen LogP contribution in [0.2, 0.25) is 0 Å². The second-order valence-corrected chi connectivity index (χ2v) is 15.3. The molecule has 5 fully saturated rings. The summed E-state index contributed by atoms with van der Waals surface area (Å²) in [4.78, 5) is 25.3. The van der Waals surface area contributed by atoms with Crippen LogP contribution in [0, 0.1) is 56.7 Å². The zero-order valence-electron chi connectivity index (χ0n) is 24.9. The number of fused-ring (bicyclic) bond motifs is 7. The molecule has 4 nitrogen and oxygen atoms in total. The molecule has 37 heavy (non-hydrogen) atoms. The van der Waals surface area contributed by atoms with E-state index in [0.29, 0.717) is 29.6 Å². The molecule has 0 bridgehead atoms. The van der Waals surface area contributed by atoms with E-state index in [1.165, 1.54) is 31.3 Å². The lowest BCUT2D eigenvalue weighted by Gasteiger charge is -2.72. The molecule has 0 amide bonds. The molecule has 0 aromatic rings. The largest absolute Gasteiger partial charge is 0.469 e. The van der Waals surface area contributed by atoms with Crippen molar-refractivity contribution in [3.05, 3.63) is 12.2 Å². The lowest BCUT2D eigenvalue weighted by Crippen LogP contribution is -2.67. The molecular formula is C33H52O4. The maximum absolute atomic E-state index is 13.4. The zero-order chi connectivity index (χ0) is 27.2. The number of rotatable bonds is 3. The Morgan fingerprint density at radius 2 is 1.49 bits per heavy atom. The van der Waals surface area contributed by atoms with Gasteiger partial charge in [0.15, 0.2) is 0 Å². The molecule has 0 unspecified atom stereocenters. The summed E-state index contributed by atoms with van der Waals surface area (Å²) < 4.78 is 11.4. The predicted octanol–water partition coefficient (Wildman–Crippen LogP) is 7.75. The molecule has 0 saturated heterocycles. The third-order valence-corrected chi connectivity index (χ3v) is 13.9. The summed E-state index contributed by atoms with van der Waals surface area (Å²) in [6.07, 6.45) is 11.1. The normalized spacial score (nSPS) is 50.1. The van der Waals surface area contributed by atoms with Crippen LogP contribution in [0.25, 0.3) is 0 Å². The van der Waals surface area contributed by atoms with Crippen LogP contribution in [0.15, 0.2) is 12.2 Å². The van der Waals surface area contributed by atoms with Gasteiger partial charge in [0.2, 0.25) is 0 Å². The molecule has 0 N–H and O–H groups in total. The molecule has 4 heteroatoms. The first-order chi connectivity index (χ1) is 17.2. The number of methoxy groups -OCH3 is 1. The fraction of sp³-hybridized carbons (Fsp3) is 0.879. The van der Waals surface area contributed by atoms with Crippen molar-refractivity contribution in [2.24, 2.45) is 56.7 Å². The predicted molar refractivity (Wildman–Crippen MR) is 147 cm³/mol. The smallest absolute Gasteiger partial charge is 0.312 e. The summed E-state index contributed by atoms with van der Waals surface area (Å²) in [5.41, 5.74) is 1.63. The van der Waals surface area contributed by atoms with E-state index in [0.717, 1.165) is 38.5 Å². The molecule has 0 aliphatic heterocycles. The third-order valence-electron chi connectivity index (χ3n) is 13.9. The monoisotopic (exact) mass is 512 g/mol. The van der Waals surface area contributed by atoms with Crippen LogP contribution in [0.4, 0.5) is 0 Å². The van der Waals surface area contributed by atoms with E-state index in [4.69, 9.17) is 9.47 Å². The van der Waals surface area contributed by atoms with Crippen LogP contribution in [0.1, 0.15) is 113 Å². The average molecular weight is 513 g/mol. The topological polar surface area (TPSA) is 52.6 Å². The Balaban J connectivity index is 1.52. The molecule has 5 aliphatic carbocycles. The van der Waals surface area contributed by atoms with E-state index in [2.05, 4.69) is 48.1 Å². The Labute approximate surface area is 225 Å². The summed E-state index contributed by atoms with van der Waals surface area (Å²) in [6, 6.07) is 0. The molecular weight excluding hydrogens is 460 g/mol. The lowest BCUT2D eigenvalue weighted by molar-refractivity contribution is -0.250. The van der Waals surface area contributed by atoms with Crippen LogP contribution >= 0.6 is 0 Å². The van der Waals surface area contributed by atoms with Crippen molar-refractivity contribution in [2.75, 3.05) is 7.11 Å². The van der Waals surface area contributed by atoms with Gasteiger partial charge in [-0.3, -0.25) is 9.59 Å². The minimum absolute atomic E-state index is 0.0130. The van der Waals surface area contributed by atoms with Gasteiger partial charge in [0.1, 0.15) is 6.10 Å². The summed E-state index contributed by atoms with van der Waals surface area (Å²) in [6.45, 7) is 20.7. The van der Waals surface area contributed by atoms with Gasteiger partial charge < -0.3 is 9.47 Å². The Morgan fingerprint density at radius 1 is 0.784 bits per heavy atom. The molecule has 0 heterocycles. The van der Waals surface area contributed by atoms with E-state index in [1.54, 1.807) is 14.0 Å². The number of esters is 2. The number of allylic oxidation sites excluding steroid dienone is 1. The van der Waals surface area contributed by atoms with E-state index in [1.807, 2.05) is 0 Å². The van der Waals surface area contributed by atoms with Gasteiger partial charge in [-0.05, 0) is 117 Å². The first-order valence-corrected chi connectivity index (χ1v) is 15.1. The minimum atomic E-state index is -0.322. The molecule has 5 saturated carbocycles. The number of hydrogen-bond donors (Lipinski definition) is 0. The maximum atomic E-state index is 13.4. The van der Waals surface area contributed by atoms with Crippen LogP contribution in [0.5, 0.6) is 0 Å². The highest BCUT2D eigenvalue weighted by molar-refractivity contribution is 5.78. The first kappa shape index (κ1) is 27.3. The summed E-state index contributed by atoms with van der Waals surface area (Å²) in [5, 5.41) is 0. The molecule has 5 rings (SSSR count). The lowest BCUT2D eigenvalue weighted by atomic mass is 9.32. The molecule has 0 aromatic heterocycles. The van der Waals surface area contributed by atoms with Crippen LogP contribution < -0.4 is 0 Å². The highest BCUT2D eigenvalue weighted by atomic mass is 16.5. The van der Waals surface area contributed by atoms with E-state index in [-0.39, 0.29) is 45.1 Å². The fourth-order valence-electron chi connectivity index (χ4n) is 12.1. The molecule has 208 valence electrons. The van der Waals surface area contributed by atoms with Crippen molar-refractivity contribution in [1.29, 1.82) is 0 Å². The Morgan fingerprint density at radius 3 is 2.11 bits per heavy atom. The Bertz CT molecular complexity index is 983. The van der Waals surface area contributed by atoms with Gasteiger partial charge in [0.05, 0.1) is 12.5 Å². The molecule has 0 spiro atoms. The van der Waals surface area contributed by atoms with Crippen molar-refractivity contribution in [1.82, 2.24) is 0 Å². The van der Waals surface area contributed by atoms with Crippen LogP contribution in [-0.2, 0) is 19.1 Å². The van der Waals surface area contributed by atoms with Crippen molar-refractivity contribution < 1.29 is 19.1 Å². The number of ether oxygens (including phenoxy) is 2. The molecule has 10 atom stereocenters. The van der Waals surface area contributed by atoms with Gasteiger partial charge in [-0.25, -0.2) is 0 Å². The van der Waals surface area contributed by atoms with Gasteiger partial charge in [0, 0.05) is 12.3 Å². The van der Waals surface area contributed by atoms with Crippen LogP contribution in [-0.4, -0.2) is 25.2 Å². The van der Waals surface area contributed by atoms with E-state index >= 15 is 0 Å². The second kappa shape index (κ2) is 8.59. The second-order valence-electron chi connectivity index (χ2n) is 15.3. The minimum Gasteiger partial charge on any atom is -0.469 e. The van der Waals surface area contributed by atoms with Gasteiger partial charge in [-0.2, -0.15) is 0 Å². The van der Waals surface area contributed by atoms with Gasteiger partial charge in [-0.15, -0.1) is 0 Å². The number of carbonyl (C=O) groups excluding carboxylic acids is 2. The molecule has 0 aromatic carbocycles. The molecule has 5 aliphatic rings. The SMILES string of the molecule is C=C(C)[C@@H]1CC[C@]2(C(=O)OC)CC[C@]3(C)[C@H](CC[C@@H]4[C@@]5(C)CC[C@H](OC(C)=O)C(C)(C)[C@@H]5CC[C@]43C)[C@@H]12. The van der Waals surface area contributed by atoms with E-state index in [9.17, 15) is 9.59 Å². The highest BCUT2D eigenvalue weighted by Crippen LogP contribution is 2.77. The zero-order valence-corrected chi connectivity index (χ0v) is 24.9. The van der Waals surface area contributed by atoms with Gasteiger partial charge in [-0.1, -0.05) is 46.8 Å². The van der Waals surface area contributed by atoms with Gasteiger partial charge in [0.25, 0.3) is 0 Å². The van der Waals surface area contributed by atoms with Gasteiger partial charge >= 0.3 is 11.9 Å². The van der Waals surface area contributed by atoms with Crippen molar-refractivity contribution >= 4 is 11.9 Å². The average Bonchev–Trinajstić information content (AvgIpc) is 3.22.